The van der Waals surface area contributed by atoms with E-state index in [1.165, 1.54) is 28.3 Å². The van der Waals surface area contributed by atoms with Gasteiger partial charge in [-0.25, -0.2) is 8.42 Å². The van der Waals surface area contributed by atoms with Gasteiger partial charge in [0.1, 0.15) is 0 Å². The van der Waals surface area contributed by atoms with E-state index in [0.717, 1.165) is 18.4 Å². The molecule has 2 aromatic rings. The van der Waals surface area contributed by atoms with Crippen LogP contribution in [0, 0.1) is 0 Å². The van der Waals surface area contributed by atoms with Gasteiger partial charge in [0.25, 0.3) is 5.91 Å². The highest BCUT2D eigenvalue weighted by Crippen LogP contribution is 2.25. The zero-order valence-corrected chi connectivity index (χ0v) is 18.3. The van der Waals surface area contributed by atoms with Gasteiger partial charge in [0.05, 0.1) is 17.5 Å². The van der Waals surface area contributed by atoms with E-state index in [1.807, 2.05) is 6.92 Å². The molecule has 1 atom stereocenters. The van der Waals surface area contributed by atoms with Crippen LogP contribution in [0.5, 0.6) is 0 Å². The first-order valence-corrected chi connectivity index (χ1v) is 12.0. The lowest BCUT2D eigenvalue weighted by Gasteiger charge is -2.22. The Morgan fingerprint density at radius 1 is 1.03 bits per heavy atom. The Morgan fingerprint density at radius 3 is 2.31 bits per heavy atom. The maximum Gasteiger partial charge on any atom is 0.251 e. The number of amides is 1. The van der Waals surface area contributed by atoms with Crippen LogP contribution in [0.1, 0.15) is 66.7 Å². The van der Waals surface area contributed by atoms with E-state index in [0.29, 0.717) is 17.8 Å². The fraction of sp³-hybridized carbons (Fsp3) is 0.435. The minimum absolute atomic E-state index is 0.0430. The molecule has 29 heavy (non-hydrogen) atoms. The molecule has 5 nitrogen and oxygen atoms in total. The van der Waals surface area contributed by atoms with Crippen molar-refractivity contribution >= 4 is 21.6 Å². The summed E-state index contributed by atoms with van der Waals surface area (Å²) in [5.41, 5.74) is 5.03. The number of carbonyl (C=O) groups is 1. The van der Waals surface area contributed by atoms with Gasteiger partial charge in [0.2, 0.25) is 10.0 Å². The monoisotopic (exact) mass is 414 g/mol. The number of hydrogen-bond donors (Lipinski definition) is 1. The molecule has 1 aliphatic carbocycles. The predicted molar refractivity (Wildman–Crippen MR) is 118 cm³/mol. The van der Waals surface area contributed by atoms with Crippen molar-refractivity contribution in [2.75, 3.05) is 16.6 Å². The predicted octanol–water partition coefficient (Wildman–Crippen LogP) is 4.23. The Bertz CT molecular complexity index is 968. The van der Waals surface area contributed by atoms with Gasteiger partial charge >= 0.3 is 0 Å². The quantitative estimate of drug-likeness (QED) is 0.737. The molecule has 0 spiro atoms. The van der Waals surface area contributed by atoms with Crippen LogP contribution >= 0.6 is 0 Å². The lowest BCUT2D eigenvalue weighted by atomic mass is 9.89. The fourth-order valence-corrected chi connectivity index (χ4v) is 5.01. The van der Waals surface area contributed by atoms with Gasteiger partial charge in [-0.2, -0.15) is 0 Å². The minimum Gasteiger partial charge on any atom is -0.346 e. The number of aryl methyl sites for hydroxylation is 2. The second kappa shape index (κ2) is 8.99. The summed E-state index contributed by atoms with van der Waals surface area (Å²) >= 11 is 0. The van der Waals surface area contributed by atoms with Crippen LogP contribution in [0.15, 0.2) is 42.5 Å². The van der Waals surface area contributed by atoms with Crippen molar-refractivity contribution in [3.8, 4) is 0 Å². The summed E-state index contributed by atoms with van der Waals surface area (Å²) in [6.07, 6.45) is 4.74. The van der Waals surface area contributed by atoms with Crippen molar-refractivity contribution in [2.24, 2.45) is 0 Å². The number of nitrogens with one attached hydrogen (secondary N) is 1. The van der Waals surface area contributed by atoms with E-state index in [-0.39, 0.29) is 17.7 Å². The molecular formula is C23H30N2O3S. The molecule has 1 amide bonds. The van der Waals surface area contributed by atoms with Crippen molar-refractivity contribution in [3.63, 3.8) is 0 Å². The summed E-state index contributed by atoms with van der Waals surface area (Å²) in [5, 5.41) is 3.05. The Hall–Kier alpha value is -2.34. The fourth-order valence-electron chi connectivity index (χ4n) is 3.86. The second-order valence-electron chi connectivity index (χ2n) is 7.54. The zero-order chi connectivity index (χ0) is 21.0. The molecule has 0 aromatic heterocycles. The van der Waals surface area contributed by atoms with Crippen molar-refractivity contribution < 1.29 is 13.2 Å². The van der Waals surface area contributed by atoms with Crippen LogP contribution in [0.4, 0.5) is 5.69 Å². The highest BCUT2D eigenvalue weighted by Gasteiger charge is 2.19. The van der Waals surface area contributed by atoms with Gasteiger partial charge in [0, 0.05) is 12.1 Å². The molecule has 3 rings (SSSR count). The van der Waals surface area contributed by atoms with E-state index >= 15 is 0 Å². The van der Waals surface area contributed by atoms with E-state index in [1.54, 1.807) is 38.1 Å². The van der Waals surface area contributed by atoms with Gasteiger partial charge in [-0.1, -0.05) is 18.2 Å². The van der Waals surface area contributed by atoms with Gasteiger partial charge in [-0.05, 0) is 87.4 Å². The third kappa shape index (κ3) is 4.81. The van der Waals surface area contributed by atoms with Crippen LogP contribution in [0.25, 0.3) is 0 Å². The maximum atomic E-state index is 12.7. The summed E-state index contributed by atoms with van der Waals surface area (Å²) in [7, 11) is -3.33. The molecule has 1 unspecified atom stereocenters. The maximum absolute atomic E-state index is 12.7. The summed E-state index contributed by atoms with van der Waals surface area (Å²) < 4.78 is 25.8. The molecule has 0 saturated heterocycles. The highest BCUT2D eigenvalue weighted by atomic mass is 32.2. The Kier molecular flexibility index (Phi) is 6.63. The van der Waals surface area contributed by atoms with Crippen LogP contribution in [0.3, 0.4) is 0 Å². The second-order valence-corrected chi connectivity index (χ2v) is 9.72. The van der Waals surface area contributed by atoms with Gasteiger partial charge in [0.15, 0.2) is 0 Å². The third-order valence-corrected chi connectivity index (χ3v) is 7.50. The summed E-state index contributed by atoms with van der Waals surface area (Å²) in [6, 6.07) is 13.2. The number of carbonyl (C=O) groups excluding carboxylic acids is 1. The molecule has 156 valence electrons. The lowest BCUT2D eigenvalue weighted by molar-refractivity contribution is 0.0940. The topological polar surface area (TPSA) is 66.5 Å². The molecule has 0 bridgehead atoms. The van der Waals surface area contributed by atoms with Crippen LogP contribution < -0.4 is 9.62 Å². The highest BCUT2D eigenvalue weighted by molar-refractivity contribution is 7.92. The molecule has 2 aromatic carbocycles. The number of rotatable bonds is 7. The molecule has 1 N–H and O–H groups in total. The third-order valence-electron chi connectivity index (χ3n) is 5.63. The molecule has 0 aliphatic heterocycles. The number of anilines is 1. The lowest BCUT2D eigenvalue weighted by Crippen LogP contribution is -2.32. The number of hydrogen-bond acceptors (Lipinski definition) is 3. The van der Waals surface area contributed by atoms with E-state index < -0.39 is 10.0 Å². The summed E-state index contributed by atoms with van der Waals surface area (Å²) in [4.78, 5) is 12.7. The normalized spacial score (nSPS) is 14.7. The summed E-state index contributed by atoms with van der Waals surface area (Å²) in [5.74, 6) is -0.121. The first-order chi connectivity index (χ1) is 13.9. The number of sulfonamides is 1. The number of benzene rings is 2. The van der Waals surface area contributed by atoms with Gasteiger partial charge < -0.3 is 5.32 Å². The first kappa shape index (κ1) is 21.4. The number of fused-ring (bicyclic) bond motifs is 1. The van der Waals surface area contributed by atoms with Crippen molar-refractivity contribution in [1.29, 1.82) is 0 Å². The molecule has 6 heteroatoms. The Morgan fingerprint density at radius 2 is 1.69 bits per heavy atom. The van der Waals surface area contributed by atoms with Gasteiger partial charge in [-0.3, -0.25) is 9.10 Å². The summed E-state index contributed by atoms with van der Waals surface area (Å²) in [6.45, 7) is 5.77. The molecule has 1 aliphatic rings. The molecular weight excluding hydrogens is 384 g/mol. The molecule has 0 saturated carbocycles. The standard InChI is InChI=1S/C23H30N2O3S/c1-4-25(29(27,28)5-2)22-14-12-19(13-15-22)23(26)24-17(3)20-11-10-18-8-6-7-9-21(18)16-20/h10-17H,4-9H2,1-3H3,(H,24,26). The largest absolute Gasteiger partial charge is 0.346 e. The van der Waals surface area contributed by atoms with Crippen LogP contribution in [-0.2, 0) is 22.9 Å². The Labute approximate surface area is 174 Å². The first-order valence-electron chi connectivity index (χ1n) is 10.4. The number of nitrogens with zero attached hydrogens (tertiary/aromatic N) is 1. The average molecular weight is 415 g/mol. The van der Waals surface area contributed by atoms with Crippen molar-refractivity contribution in [3.05, 3.63) is 64.7 Å². The zero-order valence-electron chi connectivity index (χ0n) is 17.4. The van der Waals surface area contributed by atoms with E-state index in [9.17, 15) is 13.2 Å². The van der Waals surface area contributed by atoms with E-state index in [4.69, 9.17) is 0 Å². The van der Waals surface area contributed by atoms with E-state index in [2.05, 4.69) is 23.5 Å². The SMILES string of the molecule is CCN(c1ccc(C(=O)NC(C)c2ccc3c(c2)CCCC3)cc1)S(=O)(=O)CC. The van der Waals surface area contributed by atoms with Crippen LogP contribution in [0.2, 0.25) is 0 Å². The van der Waals surface area contributed by atoms with Gasteiger partial charge in [-0.15, -0.1) is 0 Å². The molecule has 0 fully saturated rings. The van der Waals surface area contributed by atoms with Crippen molar-refractivity contribution in [1.82, 2.24) is 5.32 Å². The minimum atomic E-state index is -3.33. The smallest absolute Gasteiger partial charge is 0.251 e. The van der Waals surface area contributed by atoms with Crippen molar-refractivity contribution in [2.45, 2.75) is 52.5 Å². The molecule has 0 radical (unpaired) electrons. The molecule has 0 heterocycles. The Balaban J connectivity index is 1.70. The average Bonchev–Trinajstić information content (AvgIpc) is 2.74. The van der Waals surface area contributed by atoms with Crippen LogP contribution in [-0.4, -0.2) is 26.6 Å².